The first kappa shape index (κ1) is 23.5. The first-order valence-corrected chi connectivity index (χ1v) is 11.1. The molecule has 0 unspecified atom stereocenters. The Bertz CT molecular complexity index is 1040. The number of hydrogen-bond donors (Lipinski definition) is 0. The van der Waals surface area contributed by atoms with Crippen LogP contribution < -0.4 is 26.5 Å². The molecular weight excluding hydrogens is 474 g/mol. The van der Waals surface area contributed by atoms with Gasteiger partial charge in [0.25, 0.3) is 0 Å². The van der Waals surface area contributed by atoms with E-state index in [1.807, 2.05) is 24.3 Å². The summed E-state index contributed by atoms with van der Waals surface area (Å²) in [5.41, 5.74) is 2.64. The summed E-state index contributed by atoms with van der Waals surface area (Å²) in [6, 6.07) is 16.5. The third kappa shape index (κ3) is 5.37. The van der Waals surface area contributed by atoms with Crippen LogP contribution in [0.25, 0.3) is 10.1 Å². The Balaban J connectivity index is 0.00000272. The second-order valence-corrected chi connectivity index (χ2v) is 9.32. The van der Waals surface area contributed by atoms with Gasteiger partial charge in [0.2, 0.25) is 0 Å². The van der Waals surface area contributed by atoms with Gasteiger partial charge in [0.05, 0.1) is 39.2 Å². The molecule has 0 aliphatic carbocycles. The second kappa shape index (κ2) is 9.98. The molecule has 0 radical (unpaired) electrons. The number of hydrogen-bond acceptors (Lipinski definition) is 4. The number of methoxy groups -OCH3 is 2. The fraction of sp³-hybridized carbons (Fsp3) is 0.320. The molecule has 1 aliphatic heterocycles. The Hall–Kier alpha value is -2.15. The number of allylic oxidation sites excluding steroid dienone is 1. The van der Waals surface area contributed by atoms with Crippen molar-refractivity contribution < 1.29 is 35.7 Å². The molecule has 1 saturated heterocycles. The minimum absolute atomic E-state index is 0. The number of carbonyl (C=O) groups excluding carboxylic acids is 1. The zero-order valence-electron chi connectivity index (χ0n) is 18.2. The zero-order chi connectivity index (χ0) is 21.1. The van der Waals surface area contributed by atoms with Crippen molar-refractivity contribution in [2.45, 2.75) is 19.4 Å². The fourth-order valence-electron chi connectivity index (χ4n) is 4.13. The van der Waals surface area contributed by atoms with E-state index in [0.717, 1.165) is 51.9 Å². The molecule has 4 rings (SSSR count). The van der Waals surface area contributed by atoms with Gasteiger partial charge in [-0.25, -0.2) is 0 Å². The van der Waals surface area contributed by atoms with Gasteiger partial charge in [-0.15, -0.1) is 11.3 Å². The highest BCUT2D eigenvalue weighted by atomic mass is 79.9. The molecule has 31 heavy (non-hydrogen) atoms. The molecule has 2 aromatic carbocycles. The minimum Gasteiger partial charge on any atom is -1.00 e. The van der Waals surface area contributed by atoms with Gasteiger partial charge >= 0.3 is 0 Å². The van der Waals surface area contributed by atoms with Crippen LogP contribution in [0.3, 0.4) is 0 Å². The van der Waals surface area contributed by atoms with E-state index in [2.05, 4.69) is 37.4 Å². The number of piperidine rings is 1. The molecule has 3 aromatic rings. The van der Waals surface area contributed by atoms with E-state index in [1.54, 1.807) is 14.2 Å². The van der Waals surface area contributed by atoms with Crippen molar-refractivity contribution in [1.82, 2.24) is 0 Å². The minimum atomic E-state index is 0. The first-order valence-electron chi connectivity index (χ1n) is 10.3. The number of rotatable bonds is 6. The normalized spacial score (nSPS) is 18.4. The van der Waals surface area contributed by atoms with Crippen molar-refractivity contribution in [1.29, 1.82) is 0 Å². The van der Waals surface area contributed by atoms with Crippen LogP contribution in [-0.2, 0) is 6.54 Å². The van der Waals surface area contributed by atoms with Crippen LogP contribution in [0.2, 0.25) is 0 Å². The third-order valence-electron chi connectivity index (χ3n) is 5.95. The molecule has 164 valence electrons. The van der Waals surface area contributed by atoms with Crippen LogP contribution >= 0.6 is 11.3 Å². The van der Waals surface area contributed by atoms with E-state index in [-0.39, 0.29) is 22.8 Å². The number of quaternary nitrogens is 1. The van der Waals surface area contributed by atoms with Gasteiger partial charge in [0, 0.05) is 29.2 Å². The van der Waals surface area contributed by atoms with Crippen LogP contribution in [-0.4, -0.2) is 44.6 Å². The standard InChI is InChI=1S/C25H28NO3S.BrH/c1-26(17-19-7-5-4-6-8-19)11-9-18(10-12-26)13-21(27)25-15-20-14-22(28-2)23(29-3)16-24(20)30-25;/h4-8,13-16H,9-12,17H2,1-3H3;1H/q+1;/p-1. The van der Waals surface area contributed by atoms with E-state index in [0.29, 0.717) is 11.5 Å². The number of thiophene rings is 1. The van der Waals surface area contributed by atoms with Gasteiger partial charge in [-0.05, 0) is 23.6 Å². The first-order chi connectivity index (χ1) is 14.5. The lowest BCUT2D eigenvalue weighted by Gasteiger charge is -2.38. The maximum Gasteiger partial charge on any atom is 0.195 e. The second-order valence-electron chi connectivity index (χ2n) is 8.23. The molecule has 4 nitrogen and oxygen atoms in total. The number of fused-ring (bicyclic) bond motifs is 1. The number of halogens is 1. The number of ether oxygens (including phenoxy) is 2. The summed E-state index contributed by atoms with van der Waals surface area (Å²) < 4.78 is 12.8. The van der Waals surface area contributed by atoms with Gasteiger partial charge in [-0.1, -0.05) is 35.9 Å². The Morgan fingerprint density at radius 3 is 2.32 bits per heavy atom. The topological polar surface area (TPSA) is 35.5 Å². The maximum atomic E-state index is 12.9. The van der Waals surface area contributed by atoms with Crippen molar-refractivity contribution in [2.75, 3.05) is 34.4 Å². The maximum absolute atomic E-state index is 12.9. The lowest BCUT2D eigenvalue weighted by Crippen LogP contribution is -3.00. The highest BCUT2D eigenvalue weighted by Crippen LogP contribution is 2.37. The number of nitrogens with zero attached hydrogens (tertiary/aromatic N) is 1. The monoisotopic (exact) mass is 501 g/mol. The number of carbonyl (C=O) groups is 1. The SMILES string of the molecule is COc1cc2cc(C(=O)C=C3CC[N+](C)(Cc4ccccc4)CC3)sc2cc1OC.[Br-]. The van der Waals surface area contributed by atoms with Crippen molar-refractivity contribution in [3.05, 3.63) is 70.6 Å². The highest BCUT2D eigenvalue weighted by Gasteiger charge is 2.27. The van der Waals surface area contributed by atoms with Crippen LogP contribution in [0.5, 0.6) is 11.5 Å². The Labute approximate surface area is 198 Å². The summed E-state index contributed by atoms with van der Waals surface area (Å²) in [7, 11) is 5.57. The van der Waals surface area contributed by atoms with Gasteiger partial charge < -0.3 is 30.9 Å². The number of benzene rings is 2. The van der Waals surface area contributed by atoms with Crippen molar-refractivity contribution >= 4 is 27.2 Å². The van der Waals surface area contributed by atoms with E-state index in [1.165, 1.54) is 22.5 Å². The molecule has 0 amide bonds. The smallest absolute Gasteiger partial charge is 0.195 e. The summed E-state index contributed by atoms with van der Waals surface area (Å²) >= 11 is 1.51. The predicted octanol–water partition coefficient (Wildman–Crippen LogP) is 2.47. The molecule has 1 aliphatic rings. The lowest BCUT2D eigenvalue weighted by molar-refractivity contribution is -0.925. The average molecular weight is 502 g/mol. The van der Waals surface area contributed by atoms with Crippen molar-refractivity contribution in [3.8, 4) is 11.5 Å². The molecule has 0 atom stereocenters. The van der Waals surface area contributed by atoms with Crippen LogP contribution in [0, 0.1) is 0 Å². The van der Waals surface area contributed by atoms with Gasteiger partial charge in [-0.2, -0.15) is 0 Å². The summed E-state index contributed by atoms with van der Waals surface area (Å²) in [5, 5.41) is 1.01. The Morgan fingerprint density at radius 2 is 1.68 bits per heavy atom. The molecule has 0 bridgehead atoms. The predicted molar refractivity (Wildman–Crippen MR) is 123 cm³/mol. The summed E-state index contributed by atoms with van der Waals surface area (Å²) in [6.45, 7) is 3.17. The molecule has 0 saturated carbocycles. The van der Waals surface area contributed by atoms with Crippen molar-refractivity contribution in [3.63, 3.8) is 0 Å². The van der Waals surface area contributed by atoms with Crippen LogP contribution in [0.1, 0.15) is 28.1 Å². The van der Waals surface area contributed by atoms with E-state index in [4.69, 9.17) is 9.47 Å². The fourth-order valence-corrected chi connectivity index (χ4v) is 5.12. The summed E-state index contributed by atoms with van der Waals surface area (Å²) in [5.74, 6) is 1.47. The average Bonchev–Trinajstić information content (AvgIpc) is 3.18. The molecule has 0 spiro atoms. The quantitative estimate of drug-likeness (QED) is 0.295. The van der Waals surface area contributed by atoms with Crippen LogP contribution in [0.4, 0.5) is 0 Å². The molecule has 0 N–H and O–H groups in total. The van der Waals surface area contributed by atoms with Gasteiger partial charge in [-0.3, -0.25) is 4.79 Å². The van der Waals surface area contributed by atoms with E-state index < -0.39 is 0 Å². The molecule has 1 fully saturated rings. The van der Waals surface area contributed by atoms with Gasteiger partial charge in [0.15, 0.2) is 17.3 Å². The third-order valence-corrected chi connectivity index (χ3v) is 7.07. The Morgan fingerprint density at radius 1 is 1.03 bits per heavy atom. The molecule has 1 aromatic heterocycles. The summed E-state index contributed by atoms with van der Waals surface area (Å²) in [4.78, 5) is 13.7. The summed E-state index contributed by atoms with van der Waals surface area (Å²) in [6.07, 6.45) is 3.81. The lowest BCUT2D eigenvalue weighted by atomic mass is 9.99. The molecular formula is C25H28BrNO3S. The highest BCUT2D eigenvalue weighted by molar-refractivity contribution is 7.21. The molecule has 6 heteroatoms. The largest absolute Gasteiger partial charge is 1.00 e. The van der Waals surface area contributed by atoms with Crippen LogP contribution in [0.15, 0.2) is 60.2 Å². The van der Waals surface area contributed by atoms with E-state index >= 15 is 0 Å². The number of ketones is 1. The van der Waals surface area contributed by atoms with E-state index in [9.17, 15) is 4.79 Å². The zero-order valence-corrected chi connectivity index (χ0v) is 20.6. The molecule has 2 heterocycles. The van der Waals surface area contributed by atoms with Gasteiger partial charge in [0.1, 0.15) is 6.54 Å². The Kier molecular flexibility index (Phi) is 7.57. The number of likely N-dealkylation sites (tertiary alicyclic amines) is 1. The van der Waals surface area contributed by atoms with Crippen molar-refractivity contribution in [2.24, 2.45) is 0 Å².